The van der Waals surface area contributed by atoms with Gasteiger partial charge in [-0.05, 0) is 36.4 Å². The minimum absolute atomic E-state index is 0.147. The third kappa shape index (κ3) is 2.59. The van der Waals surface area contributed by atoms with Crippen molar-refractivity contribution in [2.75, 3.05) is 5.32 Å². The third-order valence-corrected chi connectivity index (χ3v) is 3.26. The van der Waals surface area contributed by atoms with Crippen LogP contribution in [0.4, 0.5) is 5.69 Å². The van der Waals surface area contributed by atoms with Crippen LogP contribution in [0.5, 0.6) is 0 Å². The lowest BCUT2D eigenvalue weighted by Gasteiger charge is -2.05. The number of rotatable bonds is 2. The van der Waals surface area contributed by atoms with Gasteiger partial charge >= 0.3 is 0 Å². The summed E-state index contributed by atoms with van der Waals surface area (Å²) in [6.07, 6.45) is 0. The summed E-state index contributed by atoms with van der Waals surface area (Å²) in [6, 6.07) is 14.2. The van der Waals surface area contributed by atoms with Crippen molar-refractivity contribution in [3.8, 4) is 17.8 Å². The van der Waals surface area contributed by atoms with Gasteiger partial charge in [0.05, 0.1) is 22.3 Å². The van der Waals surface area contributed by atoms with E-state index in [1.165, 1.54) is 6.92 Å². The van der Waals surface area contributed by atoms with Crippen molar-refractivity contribution in [1.29, 1.82) is 10.5 Å². The summed E-state index contributed by atoms with van der Waals surface area (Å²) in [5, 5.41) is 29.0. The molecule has 0 aliphatic carbocycles. The van der Waals surface area contributed by atoms with Gasteiger partial charge in [-0.3, -0.25) is 4.79 Å². The number of benzene rings is 2. The summed E-state index contributed by atoms with van der Waals surface area (Å²) in [5.74, 6) is -0.147. The molecule has 0 aliphatic heterocycles. The number of nitrogens with zero attached hydrogens (tertiary/aromatic N) is 5. The average Bonchev–Trinajstić information content (AvgIpc) is 2.96. The van der Waals surface area contributed by atoms with Gasteiger partial charge < -0.3 is 5.32 Å². The molecule has 7 heteroatoms. The lowest BCUT2D eigenvalue weighted by Crippen LogP contribution is -2.05. The summed E-state index contributed by atoms with van der Waals surface area (Å²) in [7, 11) is 0. The van der Waals surface area contributed by atoms with Crippen molar-refractivity contribution in [2.24, 2.45) is 0 Å². The summed E-state index contributed by atoms with van der Waals surface area (Å²) >= 11 is 0. The molecule has 1 heterocycles. The Labute approximate surface area is 131 Å². The number of amides is 1. The lowest BCUT2D eigenvalue weighted by molar-refractivity contribution is -0.114. The van der Waals surface area contributed by atoms with Gasteiger partial charge in [-0.1, -0.05) is 5.21 Å². The number of fused-ring (bicyclic) bond motifs is 1. The lowest BCUT2D eigenvalue weighted by atomic mass is 10.1. The first kappa shape index (κ1) is 14.2. The number of anilines is 1. The van der Waals surface area contributed by atoms with Crippen molar-refractivity contribution >= 4 is 22.6 Å². The fourth-order valence-corrected chi connectivity index (χ4v) is 2.23. The molecule has 1 N–H and O–H groups in total. The molecule has 1 amide bonds. The second-order valence-electron chi connectivity index (χ2n) is 4.84. The molecular weight excluding hydrogens is 292 g/mol. The Hall–Kier alpha value is -3.71. The van der Waals surface area contributed by atoms with Crippen LogP contribution in [0.15, 0.2) is 36.4 Å². The molecule has 0 spiro atoms. The highest BCUT2D eigenvalue weighted by Gasteiger charge is 2.11. The molecule has 23 heavy (non-hydrogen) atoms. The van der Waals surface area contributed by atoms with Gasteiger partial charge in [0.2, 0.25) is 5.91 Å². The Morgan fingerprint density at radius 3 is 2.39 bits per heavy atom. The maximum absolute atomic E-state index is 11.0. The number of hydrogen-bond acceptors (Lipinski definition) is 5. The molecule has 0 fully saturated rings. The minimum atomic E-state index is -0.147. The van der Waals surface area contributed by atoms with E-state index in [0.29, 0.717) is 16.7 Å². The van der Waals surface area contributed by atoms with E-state index in [2.05, 4.69) is 15.6 Å². The Balaban J connectivity index is 2.08. The maximum atomic E-state index is 11.0. The van der Waals surface area contributed by atoms with E-state index >= 15 is 0 Å². The molecule has 1 aromatic heterocycles. The quantitative estimate of drug-likeness (QED) is 0.780. The minimum Gasteiger partial charge on any atom is -0.326 e. The second-order valence-corrected chi connectivity index (χ2v) is 4.84. The van der Waals surface area contributed by atoms with E-state index in [9.17, 15) is 4.79 Å². The molecule has 110 valence electrons. The Bertz CT molecular complexity index is 988. The van der Waals surface area contributed by atoms with Crippen LogP contribution in [-0.4, -0.2) is 20.9 Å². The van der Waals surface area contributed by atoms with Crippen LogP contribution in [0.1, 0.15) is 18.1 Å². The van der Waals surface area contributed by atoms with Gasteiger partial charge in [-0.25, -0.2) is 4.68 Å². The van der Waals surface area contributed by atoms with E-state index in [1.54, 1.807) is 41.1 Å². The summed E-state index contributed by atoms with van der Waals surface area (Å²) < 4.78 is 1.58. The molecule has 3 aromatic rings. The van der Waals surface area contributed by atoms with E-state index in [1.807, 2.05) is 12.1 Å². The molecule has 0 saturated heterocycles. The smallest absolute Gasteiger partial charge is 0.221 e. The SMILES string of the molecule is CC(=O)Nc1ccc(-n2nnc3cc(C#N)c(C#N)cc32)cc1. The molecule has 0 atom stereocenters. The maximum Gasteiger partial charge on any atom is 0.221 e. The Morgan fingerprint density at radius 2 is 1.78 bits per heavy atom. The normalized spacial score (nSPS) is 10.0. The zero-order chi connectivity index (χ0) is 16.4. The first-order valence-corrected chi connectivity index (χ1v) is 6.70. The molecule has 7 nitrogen and oxygen atoms in total. The fourth-order valence-electron chi connectivity index (χ4n) is 2.23. The van der Waals surface area contributed by atoms with E-state index in [-0.39, 0.29) is 17.0 Å². The van der Waals surface area contributed by atoms with Crippen molar-refractivity contribution in [3.05, 3.63) is 47.5 Å². The van der Waals surface area contributed by atoms with Gasteiger partial charge in [0, 0.05) is 12.6 Å². The topological polar surface area (TPSA) is 107 Å². The van der Waals surface area contributed by atoms with Gasteiger partial charge in [-0.15, -0.1) is 5.10 Å². The van der Waals surface area contributed by atoms with Crippen LogP contribution in [0.25, 0.3) is 16.7 Å². The summed E-state index contributed by atoms with van der Waals surface area (Å²) in [4.78, 5) is 11.0. The van der Waals surface area contributed by atoms with Crippen LogP contribution in [0, 0.1) is 22.7 Å². The zero-order valence-electron chi connectivity index (χ0n) is 12.1. The van der Waals surface area contributed by atoms with Crippen LogP contribution >= 0.6 is 0 Å². The summed E-state index contributed by atoms with van der Waals surface area (Å²) in [6.45, 7) is 1.44. The number of carbonyl (C=O) groups is 1. The van der Waals surface area contributed by atoms with Crippen molar-refractivity contribution < 1.29 is 4.79 Å². The second kappa shape index (κ2) is 5.58. The highest BCUT2D eigenvalue weighted by atomic mass is 16.1. The Morgan fingerprint density at radius 1 is 1.13 bits per heavy atom. The molecule has 0 saturated carbocycles. The molecule has 0 bridgehead atoms. The first-order valence-electron chi connectivity index (χ1n) is 6.70. The van der Waals surface area contributed by atoms with E-state index < -0.39 is 0 Å². The van der Waals surface area contributed by atoms with E-state index in [0.717, 1.165) is 5.69 Å². The predicted octanol–water partition coefficient (Wildman–Crippen LogP) is 2.12. The van der Waals surface area contributed by atoms with Crippen LogP contribution in [0.3, 0.4) is 0 Å². The van der Waals surface area contributed by atoms with Gasteiger partial charge in [0.1, 0.15) is 17.7 Å². The first-order chi connectivity index (χ1) is 11.1. The van der Waals surface area contributed by atoms with Crippen molar-refractivity contribution in [1.82, 2.24) is 15.0 Å². The molecular formula is C16H10N6O. The summed E-state index contributed by atoms with van der Waals surface area (Å²) in [5.41, 5.74) is 3.12. The third-order valence-electron chi connectivity index (χ3n) is 3.26. The molecule has 0 unspecified atom stereocenters. The number of aromatic nitrogens is 3. The molecule has 0 aliphatic rings. The van der Waals surface area contributed by atoms with Gasteiger partial charge in [-0.2, -0.15) is 10.5 Å². The van der Waals surface area contributed by atoms with Crippen molar-refractivity contribution in [3.63, 3.8) is 0 Å². The predicted molar refractivity (Wildman–Crippen MR) is 82.6 cm³/mol. The average molecular weight is 302 g/mol. The highest BCUT2D eigenvalue weighted by molar-refractivity contribution is 5.88. The number of hydrogen-bond donors (Lipinski definition) is 1. The molecule has 0 radical (unpaired) electrons. The van der Waals surface area contributed by atoms with Gasteiger partial charge in [0.25, 0.3) is 0 Å². The molecule has 3 rings (SSSR count). The number of nitriles is 2. The zero-order valence-corrected chi connectivity index (χ0v) is 12.1. The standard InChI is InChI=1S/C16H10N6O/c1-10(23)19-13-2-4-14(5-3-13)22-16-7-12(9-18)11(8-17)6-15(16)20-21-22/h2-7H,1H3,(H,19,23). The van der Waals surface area contributed by atoms with Crippen LogP contribution in [-0.2, 0) is 4.79 Å². The largest absolute Gasteiger partial charge is 0.326 e. The van der Waals surface area contributed by atoms with Crippen LogP contribution in [0.2, 0.25) is 0 Å². The van der Waals surface area contributed by atoms with Crippen LogP contribution < -0.4 is 5.32 Å². The Kier molecular flexibility index (Phi) is 3.46. The fraction of sp³-hybridized carbons (Fsp3) is 0.0625. The monoisotopic (exact) mass is 302 g/mol. The van der Waals surface area contributed by atoms with Crippen molar-refractivity contribution in [2.45, 2.75) is 6.92 Å². The van der Waals surface area contributed by atoms with Gasteiger partial charge in [0.15, 0.2) is 0 Å². The highest BCUT2D eigenvalue weighted by Crippen LogP contribution is 2.21. The molecule has 2 aromatic carbocycles. The number of nitrogens with one attached hydrogen (secondary N) is 1. The number of carbonyl (C=O) groups excluding carboxylic acids is 1. The van der Waals surface area contributed by atoms with E-state index in [4.69, 9.17) is 10.5 Å².